The fourth-order valence-electron chi connectivity index (χ4n) is 9.37. The van der Waals surface area contributed by atoms with Gasteiger partial charge in [0.2, 0.25) is 0 Å². The first kappa shape index (κ1) is 45.9. The topological polar surface area (TPSA) is 210 Å². The molecule has 2 atom stereocenters. The van der Waals surface area contributed by atoms with Crippen molar-refractivity contribution in [3.8, 4) is 0 Å². The van der Waals surface area contributed by atoms with E-state index in [0.29, 0.717) is 72.9 Å². The highest BCUT2D eigenvalue weighted by molar-refractivity contribution is 6.13. The summed E-state index contributed by atoms with van der Waals surface area (Å²) in [6.45, 7) is 2.75. The molecule has 16 nitrogen and oxygen atoms in total. The van der Waals surface area contributed by atoms with Crippen LogP contribution in [0.1, 0.15) is 73.5 Å². The zero-order valence-corrected chi connectivity index (χ0v) is 39.4. The predicted octanol–water partition coefficient (Wildman–Crippen LogP) is 10.1. The summed E-state index contributed by atoms with van der Waals surface area (Å²) in [5, 5.41) is 15.5. The third-order valence-corrected chi connectivity index (χ3v) is 13.1. The number of hydrogen-bond donors (Lipinski definition) is 4. The van der Waals surface area contributed by atoms with Gasteiger partial charge in [-0.3, -0.25) is 28.9 Å². The lowest BCUT2D eigenvalue weighted by Gasteiger charge is -2.28. The van der Waals surface area contributed by atoms with E-state index in [4.69, 9.17) is 19.7 Å². The average Bonchev–Trinajstić information content (AvgIpc) is 3.93. The van der Waals surface area contributed by atoms with Crippen molar-refractivity contribution in [1.29, 1.82) is 0 Å². The second-order valence-corrected chi connectivity index (χ2v) is 17.6. The Morgan fingerprint density at radius 2 is 0.849 bits per heavy atom. The third kappa shape index (κ3) is 9.09. The number of hydrogen-bond acceptors (Lipinski definition) is 12. The fourth-order valence-corrected chi connectivity index (χ4v) is 9.37. The summed E-state index contributed by atoms with van der Waals surface area (Å²) in [7, 11) is 1.40. The Morgan fingerprint density at radius 1 is 0.466 bits per heavy atom. The first-order valence-electron chi connectivity index (χ1n) is 23.6. The molecule has 0 aliphatic carbocycles. The number of ether oxygens (including phenoxy) is 1. The molecule has 0 bridgehead atoms. The molecule has 0 saturated carbocycles. The van der Waals surface area contributed by atoms with E-state index in [0.717, 1.165) is 29.4 Å². The van der Waals surface area contributed by atoms with Crippen LogP contribution < -0.4 is 21.3 Å². The molecule has 1 saturated heterocycles. The maximum Gasteiger partial charge on any atom is 0.323 e. The van der Waals surface area contributed by atoms with Gasteiger partial charge >= 0.3 is 5.97 Å². The van der Waals surface area contributed by atoms with Crippen LogP contribution in [0.3, 0.4) is 0 Å². The van der Waals surface area contributed by atoms with Gasteiger partial charge in [0.15, 0.2) is 0 Å². The van der Waals surface area contributed by atoms with Crippen molar-refractivity contribution in [1.82, 2.24) is 29.8 Å². The third-order valence-electron chi connectivity index (χ3n) is 13.1. The number of likely N-dealkylation sites (tertiary alicyclic amines) is 1. The highest BCUT2D eigenvalue weighted by atomic mass is 16.5. The minimum atomic E-state index is -0.546. The van der Waals surface area contributed by atoms with E-state index in [1.165, 1.54) is 7.11 Å². The Balaban J connectivity index is 0.810. The quantitative estimate of drug-likeness (QED) is 0.0893. The molecule has 1 fully saturated rings. The maximum atomic E-state index is 14.0. The molecule has 73 heavy (non-hydrogen) atoms. The lowest BCUT2D eigenvalue weighted by Crippen LogP contribution is -2.38. The monoisotopic (exact) mass is 964 g/mol. The number of pyridine rings is 5. The highest BCUT2D eigenvalue weighted by Crippen LogP contribution is 2.33. The first-order chi connectivity index (χ1) is 35.6. The number of anilines is 4. The molecule has 16 heteroatoms. The van der Waals surface area contributed by atoms with E-state index >= 15 is 0 Å². The van der Waals surface area contributed by atoms with Gasteiger partial charge in [0.1, 0.15) is 28.8 Å². The summed E-state index contributed by atoms with van der Waals surface area (Å²) in [5.41, 5.74) is 5.27. The minimum absolute atomic E-state index is 0.0629. The molecule has 0 unspecified atom stereocenters. The molecular formula is C57H44N10O6. The van der Waals surface area contributed by atoms with E-state index in [1.807, 2.05) is 79.7 Å². The summed E-state index contributed by atoms with van der Waals surface area (Å²) < 4.78 is 5.07. The summed E-state index contributed by atoms with van der Waals surface area (Å²) in [6, 6.07) is 45.9. The number of carbonyl (C=O) groups is 5. The van der Waals surface area contributed by atoms with Gasteiger partial charge in [0.25, 0.3) is 23.6 Å². The van der Waals surface area contributed by atoms with Crippen LogP contribution in [0.5, 0.6) is 0 Å². The lowest BCUT2D eigenvalue weighted by atomic mass is 10.1. The molecular weight excluding hydrogens is 921 g/mol. The zero-order chi connectivity index (χ0) is 50.2. The molecule has 4 N–H and O–H groups in total. The molecule has 358 valence electrons. The Kier molecular flexibility index (Phi) is 12.2. The van der Waals surface area contributed by atoms with E-state index in [9.17, 15) is 24.0 Å². The van der Waals surface area contributed by atoms with Crippen molar-refractivity contribution >= 4 is 107 Å². The maximum absolute atomic E-state index is 14.0. The summed E-state index contributed by atoms with van der Waals surface area (Å²) >= 11 is 0. The van der Waals surface area contributed by atoms with Crippen LogP contribution >= 0.6 is 0 Å². The van der Waals surface area contributed by atoms with E-state index < -0.39 is 23.6 Å². The summed E-state index contributed by atoms with van der Waals surface area (Å²) in [5.74, 6) is -2.25. The second-order valence-electron chi connectivity index (χ2n) is 17.6. The number of nitrogens with zero attached hydrogens (tertiary/aromatic N) is 6. The van der Waals surface area contributed by atoms with Gasteiger partial charge < -0.3 is 26.0 Å². The smallest absolute Gasteiger partial charge is 0.323 e. The van der Waals surface area contributed by atoms with Crippen LogP contribution in [0.15, 0.2) is 158 Å². The molecule has 5 aromatic carbocycles. The van der Waals surface area contributed by atoms with Gasteiger partial charge in [-0.05, 0) is 87.0 Å². The van der Waals surface area contributed by atoms with Gasteiger partial charge in [-0.25, -0.2) is 24.9 Å². The number of carbonyl (C=O) groups excluding carboxylic acids is 5. The van der Waals surface area contributed by atoms with Crippen LogP contribution in [-0.2, 0) is 9.53 Å². The van der Waals surface area contributed by atoms with Gasteiger partial charge in [-0.15, -0.1) is 0 Å². The SMILES string of the molecule is COC(=O)[C@@H]1CCCN1[C@@H](C)c1ccc2cccc(NC(=O)c3ccc4cccc(NC(=O)c5ccc6cccc(NC(=O)c7ccc8cccc(NC(=O)c9ccc%10ccccc%10n9)c8n7)c6n5)c4n3)c2n1. The summed E-state index contributed by atoms with van der Waals surface area (Å²) in [6.07, 6.45) is 1.59. The highest BCUT2D eigenvalue weighted by Gasteiger charge is 2.35. The normalized spacial score (nSPS) is 14.0. The van der Waals surface area contributed by atoms with Crippen molar-refractivity contribution in [2.45, 2.75) is 31.8 Å². The zero-order valence-electron chi connectivity index (χ0n) is 39.4. The Morgan fingerprint density at radius 3 is 1.30 bits per heavy atom. The Bertz CT molecular complexity index is 3900. The minimum Gasteiger partial charge on any atom is -0.468 e. The number of aromatic nitrogens is 5. The molecule has 11 rings (SSSR count). The van der Waals surface area contributed by atoms with Crippen molar-refractivity contribution < 1.29 is 28.7 Å². The number of esters is 1. The fraction of sp³-hybridized carbons (Fsp3) is 0.123. The van der Waals surface area contributed by atoms with Gasteiger partial charge in [0, 0.05) is 26.9 Å². The number of methoxy groups -OCH3 is 1. The van der Waals surface area contributed by atoms with E-state index in [-0.39, 0.29) is 40.8 Å². The molecule has 0 spiro atoms. The number of rotatable bonds is 11. The second kappa shape index (κ2) is 19.3. The molecule has 1 aliphatic heterocycles. The van der Waals surface area contributed by atoms with Crippen molar-refractivity contribution in [3.63, 3.8) is 0 Å². The lowest BCUT2D eigenvalue weighted by molar-refractivity contribution is -0.146. The molecule has 0 radical (unpaired) electrons. The van der Waals surface area contributed by atoms with Crippen molar-refractivity contribution in [2.24, 2.45) is 0 Å². The molecule has 4 amide bonds. The first-order valence-corrected chi connectivity index (χ1v) is 23.6. The van der Waals surface area contributed by atoms with Crippen LogP contribution in [-0.4, -0.2) is 79.1 Å². The number of fused-ring (bicyclic) bond motifs is 5. The average molecular weight is 965 g/mol. The summed E-state index contributed by atoms with van der Waals surface area (Å²) in [4.78, 5) is 93.4. The Hall–Kier alpha value is -9.54. The standard InChI is InChI=1S/C57H44N10O6/c1-32(67-31-9-20-48(67)57(72)73-2)38-26-22-34-11-5-16-40(49(34)59-38)64-54(69)45-28-24-36-13-7-18-42(51(36)61-45)66-56(71)47-30-25-37-14-8-19-43(52(37)62-47)65-55(70)46-29-23-35-12-6-17-41(50(35)60-46)63-53(68)44-27-21-33-10-3-4-15-39(33)58-44/h3-8,10-19,21-30,32,48H,9,20,31H2,1-2H3,(H,63,68)(H,64,69)(H,65,70)(H,66,71)/t32-,48-/m0/s1. The molecule has 10 aromatic rings. The largest absolute Gasteiger partial charge is 0.468 e. The van der Waals surface area contributed by atoms with Crippen LogP contribution in [0, 0.1) is 0 Å². The van der Waals surface area contributed by atoms with Crippen LogP contribution in [0.25, 0.3) is 54.5 Å². The molecule has 6 heterocycles. The van der Waals surface area contributed by atoms with Gasteiger partial charge in [-0.1, -0.05) is 97.1 Å². The van der Waals surface area contributed by atoms with E-state index in [2.05, 4.69) is 36.1 Å². The molecule has 1 aliphatic rings. The molecule has 5 aromatic heterocycles. The number of amides is 4. The van der Waals surface area contributed by atoms with Crippen molar-refractivity contribution in [3.05, 3.63) is 186 Å². The number of benzene rings is 5. The van der Waals surface area contributed by atoms with Crippen LogP contribution in [0.2, 0.25) is 0 Å². The van der Waals surface area contributed by atoms with Crippen LogP contribution in [0.4, 0.5) is 22.7 Å². The predicted molar refractivity (Wildman–Crippen MR) is 281 cm³/mol. The van der Waals surface area contributed by atoms with Crippen molar-refractivity contribution in [2.75, 3.05) is 34.9 Å². The van der Waals surface area contributed by atoms with Gasteiger partial charge in [-0.2, -0.15) is 0 Å². The number of nitrogens with one attached hydrogen (secondary N) is 4. The number of para-hydroxylation sites is 5. The van der Waals surface area contributed by atoms with Gasteiger partial charge in [0.05, 0.1) is 69.2 Å². The van der Waals surface area contributed by atoms with E-state index in [1.54, 1.807) is 84.9 Å². The Labute approximate surface area is 416 Å².